The summed E-state index contributed by atoms with van der Waals surface area (Å²) in [6.07, 6.45) is 0.512. The molecule has 1 atom stereocenters. The molecule has 0 fully saturated rings. The van der Waals surface area contributed by atoms with Crippen molar-refractivity contribution in [3.05, 3.63) is 65.5 Å². The normalized spacial score (nSPS) is 13.1. The average molecular weight is 316 g/mol. The Morgan fingerprint density at radius 3 is 2.26 bits per heavy atom. The van der Waals surface area contributed by atoms with Crippen LogP contribution in [-0.4, -0.2) is 24.5 Å². The third kappa shape index (κ3) is 3.56. The molecule has 120 valence electrons. The van der Waals surface area contributed by atoms with Gasteiger partial charge in [-0.3, -0.25) is 4.79 Å². The first kappa shape index (κ1) is 16.7. The first-order chi connectivity index (χ1) is 11.0. The molecule has 0 aliphatic heterocycles. The van der Waals surface area contributed by atoms with Gasteiger partial charge in [0.1, 0.15) is 23.3 Å². The number of hydrogen-bond donors (Lipinski definition) is 1. The Kier molecular flexibility index (Phi) is 5.11. The monoisotopic (exact) mass is 316 g/mol. The maximum atomic E-state index is 13.1. The van der Waals surface area contributed by atoms with Crippen LogP contribution in [0.5, 0.6) is 5.75 Å². The van der Waals surface area contributed by atoms with Gasteiger partial charge in [0.05, 0.1) is 7.11 Å². The minimum absolute atomic E-state index is 0.122. The van der Waals surface area contributed by atoms with E-state index in [1.165, 1.54) is 24.3 Å². The number of hydrogen-bond acceptors (Lipinski definition) is 3. The fourth-order valence-electron chi connectivity index (χ4n) is 2.58. The van der Waals surface area contributed by atoms with E-state index >= 15 is 0 Å². The number of carboxylic acids is 1. The van der Waals surface area contributed by atoms with Crippen molar-refractivity contribution in [3.63, 3.8) is 0 Å². The molecule has 4 nitrogen and oxygen atoms in total. The summed E-state index contributed by atoms with van der Waals surface area (Å²) in [7, 11) is 1.54. The van der Waals surface area contributed by atoms with Crippen LogP contribution in [0, 0.1) is 5.82 Å². The van der Waals surface area contributed by atoms with Crippen LogP contribution >= 0.6 is 0 Å². The summed E-state index contributed by atoms with van der Waals surface area (Å²) in [6.45, 7) is 0. The molecule has 2 aromatic carbocycles. The summed E-state index contributed by atoms with van der Waals surface area (Å²) in [5.41, 5.74) is -0.280. The van der Waals surface area contributed by atoms with Crippen LogP contribution in [0.15, 0.2) is 48.5 Å². The predicted molar refractivity (Wildman–Crippen MR) is 83.1 cm³/mol. The van der Waals surface area contributed by atoms with Crippen molar-refractivity contribution in [2.45, 2.75) is 18.3 Å². The number of carboxylic acid groups (broad SMARTS) is 1. The molecule has 0 heterocycles. The van der Waals surface area contributed by atoms with Crippen molar-refractivity contribution in [2.75, 3.05) is 7.11 Å². The molecule has 0 bridgehead atoms. The average Bonchev–Trinajstić information content (AvgIpc) is 2.55. The number of aldehydes is 1. The van der Waals surface area contributed by atoms with Gasteiger partial charge in [0.25, 0.3) is 0 Å². The van der Waals surface area contributed by atoms with E-state index in [4.69, 9.17) is 4.74 Å². The van der Waals surface area contributed by atoms with Crippen molar-refractivity contribution in [3.8, 4) is 5.75 Å². The molecule has 1 unspecified atom stereocenters. The number of aliphatic carboxylic acids is 1. The van der Waals surface area contributed by atoms with Crippen LogP contribution in [0.2, 0.25) is 0 Å². The lowest BCUT2D eigenvalue weighted by molar-refractivity contribution is -0.145. The Bertz CT molecular complexity index is 679. The highest BCUT2D eigenvalue weighted by Gasteiger charge is 2.40. The molecule has 0 saturated carbocycles. The standard InChI is InChI=1S/C18H17FO4/c1-23-16-8-2-13(3-9-16)12-18(10-11-20,17(21)22)14-4-6-15(19)7-5-14/h2-9,11H,10,12H2,1H3,(H,21,22). The Balaban J connectivity index is 2.45. The van der Waals surface area contributed by atoms with Crippen molar-refractivity contribution in [1.82, 2.24) is 0 Å². The second kappa shape index (κ2) is 7.05. The zero-order valence-electron chi connectivity index (χ0n) is 12.7. The summed E-state index contributed by atoms with van der Waals surface area (Å²) < 4.78 is 18.2. The number of benzene rings is 2. The fraction of sp³-hybridized carbons (Fsp3) is 0.222. The van der Waals surface area contributed by atoms with Crippen LogP contribution in [0.3, 0.4) is 0 Å². The lowest BCUT2D eigenvalue weighted by Gasteiger charge is -2.28. The molecular formula is C18H17FO4. The topological polar surface area (TPSA) is 63.6 Å². The van der Waals surface area contributed by atoms with Crippen LogP contribution in [0.1, 0.15) is 17.5 Å². The van der Waals surface area contributed by atoms with Gasteiger partial charge in [-0.25, -0.2) is 4.39 Å². The number of methoxy groups -OCH3 is 1. The van der Waals surface area contributed by atoms with Crippen molar-refractivity contribution >= 4 is 12.3 Å². The van der Waals surface area contributed by atoms with Crippen LogP contribution < -0.4 is 4.74 Å². The molecule has 2 rings (SSSR count). The van der Waals surface area contributed by atoms with E-state index in [1.807, 2.05) is 0 Å². The summed E-state index contributed by atoms with van der Waals surface area (Å²) in [6, 6.07) is 12.2. The van der Waals surface area contributed by atoms with E-state index in [9.17, 15) is 19.1 Å². The van der Waals surface area contributed by atoms with E-state index in [1.54, 1.807) is 31.4 Å². The molecule has 0 aliphatic carbocycles. The summed E-state index contributed by atoms with van der Waals surface area (Å²) in [5, 5.41) is 9.76. The van der Waals surface area contributed by atoms with Gasteiger partial charge < -0.3 is 14.6 Å². The number of carbonyl (C=O) groups is 2. The summed E-state index contributed by atoms with van der Waals surface area (Å²) in [4.78, 5) is 23.0. The largest absolute Gasteiger partial charge is 0.497 e. The molecule has 23 heavy (non-hydrogen) atoms. The molecule has 2 aromatic rings. The number of halogens is 1. The quantitative estimate of drug-likeness (QED) is 0.798. The molecular weight excluding hydrogens is 299 g/mol. The van der Waals surface area contributed by atoms with Crippen molar-refractivity contribution in [2.24, 2.45) is 0 Å². The van der Waals surface area contributed by atoms with Gasteiger partial charge in [-0.15, -0.1) is 0 Å². The Morgan fingerprint density at radius 2 is 1.78 bits per heavy atom. The van der Waals surface area contributed by atoms with Crippen LogP contribution in [0.25, 0.3) is 0 Å². The third-order valence-electron chi connectivity index (χ3n) is 3.90. The minimum Gasteiger partial charge on any atom is -0.497 e. The van der Waals surface area contributed by atoms with Crippen LogP contribution in [0.4, 0.5) is 4.39 Å². The highest BCUT2D eigenvalue weighted by molar-refractivity contribution is 5.85. The third-order valence-corrected chi connectivity index (χ3v) is 3.90. The van der Waals surface area contributed by atoms with E-state index < -0.39 is 17.2 Å². The molecule has 5 heteroatoms. The van der Waals surface area contributed by atoms with E-state index in [-0.39, 0.29) is 12.8 Å². The predicted octanol–water partition coefficient (Wildman–Crippen LogP) is 2.99. The molecule has 0 aliphatic rings. The fourth-order valence-corrected chi connectivity index (χ4v) is 2.58. The number of ether oxygens (including phenoxy) is 1. The lowest BCUT2D eigenvalue weighted by atomic mass is 9.73. The summed E-state index contributed by atoms with van der Waals surface area (Å²) >= 11 is 0. The highest BCUT2D eigenvalue weighted by Crippen LogP contribution is 2.33. The summed E-state index contributed by atoms with van der Waals surface area (Å²) in [5.74, 6) is -0.914. The van der Waals surface area contributed by atoms with Gasteiger partial charge in [-0.1, -0.05) is 24.3 Å². The molecule has 0 amide bonds. The second-order valence-electron chi connectivity index (χ2n) is 5.29. The number of rotatable bonds is 7. The second-order valence-corrected chi connectivity index (χ2v) is 5.29. The van der Waals surface area contributed by atoms with Crippen LogP contribution in [-0.2, 0) is 21.4 Å². The lowest BCUT2D eigenvalue weighted by Crippen LogP contribution is -2.38. The van der Waals surface area contributed by atoms with Gasteiger partial charge in [0.15, 0.2) is 0 Å². The van der Waals surface area contributed by atoms with Crippen molar-refractivity contribution < 1.29 is 23.8 Å². The van der Waals surface area contributed by atoms with Gasteiger partial charge >= 0.3 is 5.97 Å². The van der Waals surface area contributed by atoms with Gasteiger partial charge in [-0.2, -0.15) is 0 Å². The van der Waals surface area contributed by atoms with E-state index in [2.05, 4.69) is 0 Å². The highest BCUT2D eigenvalue weighted by atomic mass is 19.1. The van der Waals surface area contributed by atoms with E-state index in [0.29, 0.717) is 17.6 Å². The first-order valence-electron chi connectivity index (χ1n) is 7.08. The Morgan fingerprint density at radius 1 is 1.17 bits per heavy atom. The maximum Gasteiger partial charge on any atom is 0.314 e. The van der Waals surface area contributed by atoms with E-state index in [0.717, 1.165) is 5.56 Å². The smallest absolute Gasteiger partial charge is 0.314 e. The molecule has 0 radical (unpaired) electrons. The Labute approximate surface area is 133 Å². The zero-order valence-corrected chi connectivity index (χ0v) is 12.7. The zero-order chi connectivity index (χ0) is 16.9. The van der Waals surface area contributed by atoms with Crippen molar-refractivity contribution in [1.29, 1.82) is 0 Å². The Hall–Kier alpha value is -2.69. The van der Waals surface area contributed by atoms with Gasteiger partial charge in [0, 0.05) is 6.42 Å². The van der Waals surface area contributed by atoms with Gasteiger partial charge in [-0.05, 0) is 41.8 Å². The maximum absolute atomic E-state index is 13.1. The molecule has 0 spiro atoms. The molecule has 0 saturated heterocycles. The SMILES string of the molecule is COc1ccc(CC(CC=O)(C(=O)O)c2ccc(F)cc2)cc1. The number of carbonyl (C=O) groups excluding carboxylic acids is 1. The molecule has 0 aromatic heterocycles. The van der Waals surface area contributed by atoms with Gasteiger partial charge in [0.2, 0.25) is 0 Å². The first-order valence-corrected chi connectivity index (χ1v) is 7.08. The molecule has 1 N–H and O–H groups in total. The minimum atomic E-state index is -1.43.